The van der Waals surface area contributed by atoms with E-state index in [0.717, 1.165) is 12.8 Å². The Bertz CT molecular complexity index is 723. The van der Waals surface area contributed by atoms with E-state index in [1.54, 1.807) is 15.8 Å². The fourth-order valence-corrected chi connectivity index (χ4v) is 5.10. The fraction of sp³-hybridized carbons (Fsp3) is 0.737. The molecule has 1 unspecified atom stereocenters. The van der Waals surface area contributed by atoms with Crippen molar-refractivity contribution in [1.29, 1.82) is 0 Å². The van der Waals surface area contributed by atoms with Crippen LogP contribution in [0.4, 0.5) is 0 Å². The Hall–Kier alpha value is -1.56. The molecule has 7 heteroatoms. The topological polar surface area (TPSA) is 67.2 Å². The van der Waals surface area contributed by atoms with Crippen LogP contribution >= 0.6 is 11.6 Å². The number of hydrogen-bond acceptors (Lipinski definition) is 3. The maximum Gasteiger partial charge on any atom is 0.258 e. The summed E-state index contributed by atoms with van der Waals surface area (Å²) in [6.45, 7) is 5.14. The van der Waals surface area contributed by atoms with Gasteiger partial charge >= 0.3 is 0 Å². The van der Waals surface area contributed by atoms with Gasteiger partial charge in [-0.1, -0.05) is 24.4 Å². The summed E-state index contributed by atoms with van der Waals surface area (Å²) >= 11 is 6.32. The van der Waals surface area contributed by atoms with Gasteiger partial charge in [0.15, 0.2) is 0 Å². The molecular formula is C19H27ClN4O2. The second-order valence-corrected chi connectivity index (χ2v) is 8.82. The molecular weight excluding hydrogens is 352 g/mol. The smallest absolute Gasteiger partial charge is 0.258 e. The van der Waals surface area contributed by atoms with Crippen molar-refractivity contribution >= 4 is 23.4 Å². The van der Waals surface area contributed by atoms with Crippen molar-refractivity contribution < 1.29 is 9.59 Å². The Balaban J connectivity index is 1.34. The van der Waals surface area contributed by atoms with E-state index in [4.69, 9.17) is 11.6 Å². The Morgan fingerprint density at radius 2 is 2.08 bits per heavy atom. The minimum Gasteiger partial charge on any atom is -0.351 e. The molecule has 1 aromatic rings. The van der Waals surface area contributed by atoms with Gasteiger partial charge < -0.3 is 10.2 Å². The number of nitrogens with one attached hydrogen (secondary N) is 1. The molecule has 26 heavy (non-hydrogen) atoms. The van der Waals surface area contributed by atoms with Crippen LogP contribution in [0, 0.1) is 11.3 Å². The number of amides is 2. The molecule has 2 saturated carbocycles. The van der Waals surface area contributed by atoms with Crippen molar-refractivity contribution in [1.82, 2.24) is 20.0 Å². The fourth-order valence-electron chi connectivity index (χ4n) is 4.74. The van der Waals surface area contributed by atoms with Crippen LogP contribution in [0.2, 0.25) is 5.15 Å². The lowest BCUT2D eigenvalue weighted by Gasteiger charge is -2.17. The molecule has 2 aliphatic carbocycles. The lowest BCUT2D eigenvalue weighted by molar-refractivity contribution is -0.123. The summed E-state index contributed by atoms with van der Waals surface area (Å²) in [7, 11) is 0. The van der Waals surface area contributed by atoms with Gasteiger partial charge in [0.2, 0.25) is 5.91 Å². The van der Waals surface area contributed by atoms with E-state index in [0.29, 0.717) is 29.2 Å². The van der Waals surface area contributed by atoms with Crippen molar-refractivity contribution in [3.05, 3.63) is 16.9 Å². The second-order valence-electron chi connectivity index (χ2n) is 8.46. The van der Waals surface area contributed by atoms with Crippen LogP contribution < -0.4 is 5.32 Å². The molecule has 2 amide bonds. The monoisotopic (exact) mass is 378 g/mol. The summed E-state index contributed by atoms with van der Waals surface area (Å²) < 4.78 is 1.65. The SMILES string of the molecule is CC(C)n1ncc(C(=O)N2CC[C@@H](NC(=O)C3CC34CCCC4)C2)c1Cl. The minimum absolute atomic E-state index is 0.0458. The third kappa shape index (κ3) is 3.02. The lowest BCUT2D eigenvalue weighted by Crippen LogP contribution is -2.39. The molecule has 1 N–H and O–H groups in total. The van der Waals surface area contributed by atoms with Gasteiger partial charge in [-0.15, -0.1) is 0 Å². The van der Waals surface area contributed by atoms with Gasteiger partial charge in [0.25, 0.3) is 5.91 Å². The van der Waals surface area contributed by atoms with E-state index >= 15 is 0 Å². The highest BCUT2D eigenvalue weighted by Gasteiger charge is 2.58. The lowest BCUT2D eigenvalue weighted by atomic mass is 10.0. The number of carbonyl (C=O) groups is 2. The highest BCUT2D eigenvalue weighted by Crippen LogP contribution is 2.62. The zero-order valence-corrected chi connectivity index (χ0v) is 16.3. The third-order valence-electron chi connectivity index (χ3n) is 6.38. The first kappa shape index (κ1) is 17.8. The van der Waals surface area contributed by atoms with Gasteiger partial charge in [-0.3, -0.25) is 14.3 Å². The van der Waals surface area contributed by atoms with Gasteiger partial charge in [0.1, 0.15) is 5.15 Å². The molecule has 0 radical (unpaired) electrons. The van der Waals surface area contributed by atoms with Crippen LogP contribution in [0.3, 0.4) is 0 Å². The molecule has 3 fully saturated rings. The molecule has 3 aliphatic rings. The van der Waals surface area contributed by atoms with Crippen molar-refractivity contribution in [2.24, 2.45) is 11.3 Å². The van der Waals surface area contributed by atoms with Crippen LogP contribution in [-0.2, 0) is 4.79 Å². The van der Waals surface area contributed by atoms with Crippen molar-refractivity contribution in [3.8, 4) is 0 Å². The van der Waals surface area contributed by atoms with E-state index in [-0.39, 0.29) is 29.8 Å². The summed E-state index contributed by atoms with van der Waals surface area (Å²) in [5, 5.41) is 7.78. The molecule has 1 spiro atoms. The molecule has 1 aromatic heterocycles. The van der Waals surface area contributed by atoms with Crippen molar-refractivity contribution in [2.45, 2.75) is 64.5 Å². The second kappa shape index (κ2) is 6.55. The van der Waals surface area contributed by atoms with E-state index < -0.39 is 0 Å². The van der Waals surface area contributed by atoms with Crippen molar-refractivity contribution in [3.63, 3.8) is 0 Å². The highest BCUT2D eigenvalue weighted by atomic mass is 35.5. The molecule has 1 saturated heterocycles. The molecule has 4 rings (SSSR count). The summed E-state index contributed by atoms with van der Waals surface area (Å²) in [6.07, 6.45) is 8.34. The summed E-state index contributed by atoms with van der Waals surface area (Å²) in [5.74, 6) is 0.294. The third-order valence-corrected chi connectivity index (χ3v) is 6.76. The maximum absolute atomic E-state index is 12.8. The molecule has 0 bridgehead atoms. The summed E-state index contributed by atoms with van der Waals surface area (Å²) in [6, 6.07) is 0.153. The Morgan fingerprint density at radius 1 is 1.35 bits per heavy atom. The number of aromatic nitrogens is 2. The van der Waals surface area contributed by atoms with Crippen LogP contribution in [0.1, 0.15) is 68.8 Å². The van der Waals surface area contributed by atoms with Gasteiger partial charge in [0.05, 0.1) is 11.8 Å². The quantitative estimate of drug-likeness (QED) is 0.875. The predicted molar refractivity (Wildman–Crippen MR) is 99.1 cm³/mol. The van der Waals surface area contributed by atoms with Crippen LogP contribution in [-0.4, -0.2) is 45.6 Å². The van der Waals surface area contributed by atoms with Gasteiger partial charge in [0, 0.05) is 31.1 Å². The summed E-state index contributed by atoms with van der Waals surface area (Å²) in [5.41, 5.74) is 0.761. The zero-order chi connectivity index (χ0) is 18.5. The Labute approximate surface area is 159 Å². The summed E-state index contributed by atoms with van der Waals surface area (Å²) in [4.78, 5) is 27.1. The minimum atomic E-state index is -0.0997. The van der Waals surface area contributed by atoms with Crippen molar-refractivity contribution in [2.75, 3.05) is 13.1 Å². The number of hydrogen-bond donors (Lipinski definition) is 1. The van der Waals surface area contributed by atoms with E-state index in [9.17, 15) is 9.59 Å². The standard InChI is InChI=1S/C19H27ClN4O2/c1-12(2)24-16(20)14(10-21-24)18(26)23-8-5-13(11-23)22-17(25)15-9-19(15)6-3-4-7-19/h10,12-13,15H,3-9,11H2,1-2H3,(H,22,25)/t13-,15?/m1/s1. The Morgan fingerprint density at radius 3 is 2.73 bits per heavy atom. The van der Waals surface area contributed by atoms with E-state index in [1.807, 2.05) is 13.8 Å². The first-order valence-electron chi connectivity index (χ1n) is 9.74. The largest absolute Gasteiger partial charge is 0.351 e. The first-order chi connectivity index (χ1) is 12.4. The van der Waals surface area contributed by atoms with E-state index in [1.165, 1.54) is 25.7 Å². The average molecular weight is 379 g/mol. The molecule has 142 valence electrons. The van der Waals surface area contributed by atoms with Crippen LogP contribution in [0.25, 0.3) is 0 Å². The van der Waals surface area contributed by atoms with E-state index in [2.05, 4.69) is 10.4 Å². The average Bonchev–Trinajstić information content (AvgIpc) is 2.98. The number of likely N-dealkylation sites (tertiary alicyclic amines) is 1. The normalized spacial score (nSPS) is 26.7. The molecule has 1 aliphatic heterocycles. The van der Waals surface area contributed by atoms with Gasteiger partial charge in [-0.2, -0.15) is 5.10 Å². The van der Waals surface area contributed by atoms with Gasteiger partial charge in [-0.25, -0.2) is 0 Å². The Kier molecular flexibility index (Phi) is 4.49. The maximum atomic E-state index is 12.8. The number of nitrogens with zero attached hydrogens (tertiary/aromatic N) is 3. The highest BCUT2D eigenvalue weighted by molar-refractivity contribution is 6.32. The predicted octanol–water partition coefficient (Wildman–Crippen LogP) is 3.03. The van der Waals surface area contributed by atoms with Crippen LogP contribution in [0.15, 0.2) is 6.20 Å². The molecule has 6 nitrogen and oxygen atoms in total. The first-order valence-corrected chi connectivity index (χ1v) is 10.1. The molecule has 2 atom stereocenters. The molecule has 0 aromatic carbocycles. The number of halogens is 1. The molecule has 2 heterocycles. The zero-order valence-electron chi connectivity index (χ0n) is 15.5. The number of rotatable bonds is 4. The van der Waals surface area contributed by atoms with Gasteiger partial charge in [-0.05, 0) is 44.9 Å². The van der Waals surface area contributed by atoms with Crippen LogP contribution in [0.5, 0.6) is 0 Å². The number of carbonyl (C=O) groups excluding carboxylic acids is 2.